The van der Waals surface area contributed by atoms with Crippen molar-refractivity contribution in [2.45, 2.75) is 4.90 Å². The fourth-order valence-corrected chi connectivity index (χ4v) is 4.49. The van der Waals surface area contributed by atoms with Gasteiger partial charge in [-0.3, -0.25) is 9.52 Å². The third kappa shape index (κ3) is 4.51. The highest BCUT2D eigenvalue weighted by molar-refractivity contribution is 7.92. The Kier molecular flexibility index (Phi) is 5.43. The number of fused-ring (bicyclic) bond motifs is 2. The number of hydrogen-bond donors (Lipinski definition) is 2. The molecule has 2 aliphatic rings. The monoisotopic (exact) mass is 468 g/mol. The highest BCUT2D eigenvalue weighted by atomic mass is 32.2. The highest BCUT2D eigenvalue weighted by Gasteiger charge is 2.20. The summed E-state index contributed by atoms with van der Waals surface area (Å²) in [7, 11) is -3.83. The van der Waals surface area contributed by atoms with E-state index in [1.54, 1.807) is 48.5 Å². The summed E-state index contributed by atoms with van der Waals surface area (Å²) in [5, 5.41) is 2.78. The minimum atomic E-state index is -3.83. The van der Waals surface area contributed by atoms with Crippen molar-refractivity contribution < 1.29 is 32.2 Å². The fraction of sp³-hybridized carbons (Fsp3) is 0.174. The lowest BCUT2D eigenvalue weighted by Crippen LogP contribution is -2.17. The third-order valence-electron chi connectivity index (χ3n) is 5.02. The van der Waals surface area contributed by atoms with Crippen molar-refractivity contribution in [1.82, 2.24) is 0 Å². The average Bonchev–Trinajstić information content (AvgIpc) is 2.84. The van der Waals surface area contributed by atoms with Crippen LogP contribution in [0.2, 0.25) is 0 Å². The molecule has 0 unspecified atom stereocenters. The Hall–Kier alpha value is -3.92. The van der Waals surface area contributed by atoms with Crippen molar-refractivity contribution in [1.29, 1.82) is 0 Å². The zero-order valence-electron chi connectivity index (χ0n) is 17.4. The van der Waals surface area contributed by atoms with Crippen LogP contribution in [0.3, 0.4) is 0 Å². The molecule has 5 rings (SSSR count). The van der Waals surface area contributed by atoms with Crippen molar-refractivity contribution >= 4 is 27.3 Å². The molecular weight excluding hydrogens is 448 g/mol. The van der Waals surface area contributed by atoms with Gasteiger partial charge in [0.1, 0.15) is 26.4 Å². The van der Waals surface area contributed by atoms with Gasteiger partial charge in [-0.1, -0.05) is 0 Å². The molecule has 0 aromatic heterocycles. The van der Waals surface area contributed by atoms with Crippen LogP contribution in [0.1, 0.15) is 10.4 Å². The first-order chi connectivity index (χ1) is 16.0. The van der Waals surface area contributed by atoms with Gasteiger partial charge in [-0.25, -0.2) is 8.42 Å². The molecule has 0 radical (unpaired) electrons. The smallest absolute Gasteiger partial charge is 0.262 e. The summed E-state index contributed by atoms with van der Waals surface area (Å²) in [5.74, 6) is 1.71. The summed E-state index contributed by atoms with van der Waals surface area (Å²) in [5.41, 5.74) is 1.28. The van der Waals surface area contributed by atoms with Gasteiger partial charge in [-0.15, -0.1) is 0 Å². The van der Waals surface area contributed by atoms with Crippen LogP contribution >= 0.6 is 0 Å². The SMILES string of the molecule is O=C(Nc1ccc(NS(=O)(=O)c2ccc3c(c2)OCCO3)cc1)c1ccc2c(c1)OCCO2. The summed E-state index contributed by atoms with van der Waals surface area (Å²) in [6.45, 7) is 1.70. The summed E-state index contributed by atoms with van der Waals surface area (Å²) >= 11 is 0. The van der Waals surface area contributed by atoms with E-state index < -0.39 is 10.0 Å². The van der Waals surface area contributed by atoms with E-state index >= 15 is 0 Å². The van der Waals surface area contributed by atoms with Crippen LogP contribution < -0.4 is 29.0 Å². The summed E-state index contributed by atoms with van der Waals surface area (Å²) in [6.07, 6.45) is 0. The van der Waals surface area contributed by atoms with Crippen molar-refractivity contribution in [2.75, 3.05) is 36.5 Å². The highest BCUT2D eigenvalue weighted by Crippen LogP contribution is 2.33. The van der Waals surface area contributed by atoms with Gasteiger partial charge in [0.25, 0.3) is 15.9 Å². The van der Waals surface area contributed by atoms with Crippen molar-refractivity contribution in [3.63, 3.8) is 0 Å². The lowest BCUT2D eigenvalue weighted by atomic mass is 10.1. The Bertz CT molecular complexity index is 1310. The Morgan fingerprint density at radius 1 is 0.667 bits per heavy atom. The minimum Gasteiger partial charge on any atom is -0.486 e. The van der Waals surface area contributed by atoms with Crippen LogP contribution in [0.15, 0.2) is 65.6 Å². The van der Waals surface area contributed by atoms with Crippen LogP contribution in [-0.4, -0.2) is 40.8 Å². The average molecular weight is 468 g/mol. The number of sulfonamides is 1. The molecule has 0 aliphatic carbocycles. The van der Waals surface area contributed by atoms with Crippen molar-refractivity contribution in [3.05, 3.63) is 66.2 Å². The van der Waals surface area contributed by atoms with E-state index in [4.69, 9.17) is 18.9 Å². The number of benzene rings is 3. The summed E-state index contributed by atoms with van der Waals surface area (Å²) < 4.78 is 49.9. The number of amides is 1. The van der Waals surface area contributed by atoms with Gasteiger partial charge in [0.05, 0.1) is 4.90 Å². The Morgan fingerprint density at radius 3 is 1.88 bits per heavy atom. The largest absolute Gasteiger partial charge is 0.486 e. The van der Waals surface area contributed by atoms with Gasteiger partial charge in [-0.2, -0.15) is 0 Å². The molecule has 2 N–H and O–H groups in total. The van der Waals surface area contributed by atoms with E-state index in [2.05, 4.69) is 10.0 Å². The van der Waals surface area contributed by atoms with Crippen LogP contribution in [0, 0.1) is 0 Å². The number of nitrogens with one attached hydrogen (secondary N) is 2. The van der Waals surface area contributed by atoms with Gasteiger partial charge in [0.15, 0.2) is 23.0 Å². The van der Waals surface area contributed by atoms with E-state index in [1.807, 2.05) is 0 Å². The number of carbonyl (C=O) groups is 1. The molecule has 0 spiro atoms. The molecule has 170 valence electrons. The Balaban J connectivity index is 1.26. The van der Waals surface area contributed by atoms with E-state index in [0.29, 0.717) is 66.4 Å². The second-order valence-electron chi connectivity index (χ2n) is 7.30. The van der Waals surface area contributed by atoms with Gasteiger partial charge in [0.2, 0.25) is 0 Å². The molecule has 10 heteroatoms. The van der Waals surface area contributed by atoms with E-state index in [9.17, 15) is 13.2 Å². The van der Waals surface area contributed by atoms with Crippen molar-refractivity contribution in [3.8, 4) is 23.0 Å². The Morgan fingerprint density at radius 2 is 1.21 bits per heavy atom. The normalized spacial score (nSPS) is 14.3. The molecule has 3 aromatic carbocycles. The van der Waals surface area contributed by atoms with E-state index in [1.165, 1.54) is 12.1 Å². The molecule has 3 aromatic rings. The first-order valence-corrected chi connectivity index (χ1v) is 11.7. The van der Waals surface area contributed by atoms with Crippen molar-refractivity contribution in [2.24, 2.45) is 0 Å². The van der Waals surface area contributed by atoms with Crippen LogP contribution in [0.4, 0.5) is 11.4 Å². The number of carbonyl (C=O) groups excluding carboxylic acids is 1. The summed E-state index contributed by atoms with van der Waals surface area (Å²) in [6, 6.07) is 15.8. The quantitative estimate of drug-likeness (QED) is 0.591. The van der Waals surface area contributed by atoms with Gasteiger partial charge in [0, 0.05) is 23.0 Å². The standard InChI is InChI=1S/C23H20N2O7S/c26-23(15-1-7-19-21(13-15)31-11-9-29-19)24-16-2-4-17(5-3-16)25-33(27,28)18-6-8-20-22(14-18)32-12-10-30-20/h1-8,13-14,25H,9-12H2,(H,24,26). The second kappa shape index (κ2) is 8.55. The molecular formula is C23H20N2O7S. The predicted octanol–water partition coefficient (Wildman–Crippen LogP) is 3.28. The molecule has 33 heavy (non-hydrogen) atoms. The number of ether oxygens (including phenoxy) is 4. The molecule has 0 fully saturated rings. The predicted molar refractivity (Wildman–Crippen MR) is 120 cm³/mol. The van der Waals surface area contributed by atoms with Gasteiger partial charge >= 0.3 is 0 Å². The first kappa shape index (κ1) is 21.0. The third-order valence-corrected chi connectivity index (χ3v) is 6.40. The molecule has 2 aliphatic heterocycles. The minimum absolute atomic E-state index is 0.0581. The molecule has 2 heterocycles. The molecule has 0 bridgehead atoms. The fourth-order valence-electron chi connectivity index (χ4n) is 3.41. The maximum Gasteiger partial charge on any atom is 0.262 e. The zero-order valence-corrected chi connectivity index (χ0v) is 18.2. The molecule has 9 nitrogen and oxygen atoms in total. The van der Waals surface area contributed by atoms with E-state index in [0.717, 1.165) is 0 Å². The number of anilines is 2. The molecule has 0 atom stereocenters. The summed E-state index contributed by atoms with van der Waals surface area (Å²) in [4.78, 5) is 12.6. The zero-order chi connectivity index (χ0) is 22.8. The maximum absolute atomic E-state index is 12.8. The molecule has 0 saturated heterocycles. The lowest BCUT2D eigenvalue weighted by Gasteiger charge is -2.19. The first-order valence-electron chi connectivity index (χ1n) is 10.2. The molecule has 1 amide bonds. The number of rotatable bonds is 5. The number of hydrogen-bond acceptors (Lipinski definition) is 7. The van der Waals surface area contributed by atoms with Crippen LogP contribution in [0.25, 0.3) is 0 Å². The lowest BCUT2D eigenvalue weighted by molar-refractivity contribution is 0.102. The Labute approximate surface area is 190 Å². The van der Waals surface area contributed by atoms with Gasteiger partial charge in [-0.05, 0) is 54.6 Å². The topological polar surface area (TPSA) is 112 Å². The maximum atomic E-state index is 12.8. The van der Waals surface area contributed by atoms with Gasteiger partial charge < -0.3 is 24.3 Å². The van der Waals surface area contributed by atoms with E-state index in [-0.39, 0.29) is 10.8 Å². The van der Waals surface area contributed by atoms with Crippen LogP contribution in [-0.2, 0) is 10.0 Å². The second-order valence-corrected chi connectivity index (χ2v) is 8.98. The van der Waals surface area contributed by atoms with Crippen LogP contribution in [0.5, 0.6) is 23.0 Å². The molecule has 0 saturated carbocycles.